The molecule has 10 heavy (non-hydrogen) atoms. The minimum absolute atomic E-state index is 0.134. The molecule has 0 aromatic heterocycles. The summed E-state index contributed by atoms with van der Waals surface area (Å²) in [6.07, 6.45) is 0.684. The molecule has 0 saturated heterocycles. The molecule has 0 rings (SSSR count). The number of carbonyl (C=O) groups excluding carboxylic acids is 1. The molecule has 60 valence electrons. The van der Waals surface area contributed by atoms with Gasteiger partial charge in [0.15, 0.2) is 5.78 Å². The van der Waals surface area contributed by atoms with Gasteiger partial charge in [0.25, 0.3) is 0 Å². The molecule has 0 radical (unpaired) electrons. The molecule has 0 atom stereocenters. The fraction of sp³-hybridized carbons (Fsp3) is 0.857. The summed E-state index contributed by atoms with van der Waals surface area (Å²) in [6.45, 7) is 6.25. The van der Waals surface area contributed by atoms with E-state index in [0.29, 0.717) is 12.2 Å². The summed E-state index contributed by atoms with van der Waals surface area (Å²) in [6, 6.07) is 0. The summed E-state index contributed by atoms with van der Waals surface area (Å²) in [5.74, 6) is 0.341. The molecule has 0 aliphatic heterocycles. The van der Waals surface area contributed by atoms with Crippen LogP contribution >= 0.6 is 45.2 Å². The topological polar surface area (TPSA) is 17.1 Å². The van der Waals surface area contributed by atoms with Crippen molar-refractivity contribution in [1.29, 1.82) is 0 Å². The first-order chi connectivity index (χ1) is 4.33. The van der Waals surface area contributed by atoms with Crippen LogP contribution in [-0.2, 0) is 4.79 Å². The Morgan fingerprint density at radius 1 is 1.40 bits per heavy atom. The van der Waals surface area contributed by atoms with E-state index in [1.54, 1.807) is 0 Å². The van der Waals surface area contributed by atoms with E-state index in [2.05, 4.69) is 66.0 Å². The van der Waals surface area contributed by atoms with E-state index in [1.807, 2.05) is 0 Å². The zero-order chi connectivity index (χ0) is 8.36. The first-order valence-corrected chi connectivity index (χ1v) is 5.63. The molecule has 0 aromatic carbocycles. The Kier molecular flexibility index (Phi) is 4.71. The predicted molar refractivity (Wildman–Crippen MR) is 60.9 cm³/mol. The maximum absolute atomic E-state index is 11.1. The largest absolute Gasteiger partial charge is 0.298 e. The molecule has 0 aliphatic carbocycles. The van der Waals surface area contributed by atoms with Crippen LogP contribution < -0.4 is 0 Å². The van der Waals surface area contributed by atoms with E-state index in [9.17, 15) is 4.79 Å². The van der Waals surface area contributed by atoms with Crippen molar-refractivity contribution in [3.63, 3.8) is 0 Å². The molecule has 0 aromatic rings. The molecule has 0 unspecified atom stereocenters. The molecule has 0 fully saturated rings. The summed E-state index contributed by atoms with van der Waals surface area (Å²) in [5, 5.41) is 0. The average Bonchev–Trinajstić information content (AvgIpc) is 1.60. The van der Waals surface area contributed by atoms with Crippen LogP contribution in [0.4, 0.5) is 0 Å². The van der Waals surface area contributed by atoms with Crippen LogP contribution in [0.25, 0.3) is 0 Å². The highest BCUT2D eigenvalue weighted by Gasteiger charge is 2.19. The van der Waals surface area contributed by atoms with E-state index in [-0.39, 0.29) is 7.35 Å². The first kappa shape index (κ1) is 11.1. The van der Waals surface area contributed by atoms with Gasteiger partial charge in [-0.15, -0.1) is 0 Å². The van der Waals surface area contributed by atoms with Gasteiger partial charge in [-0.3, -0.25) is 4.79 Å². The van der Waals surface area contributed by atoms with Crippen molar-refractivity contribution in [1.82, 2.24) is 0 Å². The highest BCUT2D eigenvalue weighted by Crippen LogP contribution is 2.23. The van der Waals surface area contributed by atoms with Gasteiger partial charge in [0.05, 0.1) is 0 Å². The number of rotatable bonds is 2. The third-order valence-corrected chi connectivity index (χ3v) is 2.34. The number of halogens is 2. The van der Waals surface area contributed by atoms with Crippen molar-refractivity contribution in [2.75, 3.05) is 0 Å². The van der Waals surface area contributed by atoms with Crippen molar-refractivity contribution in [3.05, 3.63) is 0 Å². The van der Waals surface area contributed by atoms with E-state index < -0.39 is 0 Å². The lowest BCUT2D eigenvalue weighted by molar-refractivity contribution is -0.118. The van der Waals surface area contributed by atoms with Gasteiger partial charge in [-0.05, 0) is 5.41 Å². The van der Waals surface area contributed by atoms with E-state index in [4.69, 9.17) is 0 Å². The monoisotopic (exact) mass is 366 g/mol. The SMILES string of the molecule is CC(C)(C)CC(=O)C(I)I. The van der Waals surface area contributed by atoms with Crippen LogP contribution in [0.1, 0.15) is 27.2 Å². The average molecular weight is 366 g/mol. The Morgan fingerprint density at radius 3 is 1.90 bits per heavy atom. The fourth-order valence-corrected chi connectivity index (χ4v) is 1.04. The second-order valence-corrected chi connectivity index (χ2v) is 8.38. The molecule has 0 bridgehead atoms. The highest BCUT2D eigenvalue weighted by atomic mass is 127. The molecule has 0 heterocycles. The number of carbonyl (C=O) groups is 1. The second-order valence-electron chi connectivity index (χ2n) is 3.50. The summed E-state index contributed by atoms with van der Waals surface area (Å²) in [4.78, 5) is 11.1. The fourth-order valence-electron chi connectivity index (χ4n) is 0.600. The van der Waals surface area contributed by atoms with Gasteiger partial charge in [-0.25, -0.2) is 0 Å². The van der Waals surface area contributed by atoms with Crippen LogP contribution in [0.2, 0.25) is 0 Å². The molecule has 0 N–H and O–H groups in total. The van der Waals surface area contributed by atoms with Gasteiger partial charge in [-0.2, -0.15) is 0 Å². The van der Waals surface area contributed by atoms with Gasteiger partial charge in [0, 0.05) is 6.42 Å². The normalized spacial score (nSPS) is 12.2. The second kappa shape index (κ2) is 4.23. The third kappa shape index (κ3) is 5.88. The van der Waals surface area contributed by atoms with Crippen LogP contribution in [-0.4, -0.2) is 7.71 Å². The van der Waals surface area contributed by atoms with Crippen molar-refractivity contribution in [2.45, 2.75) is 29.1 Å². The first-order valence-electron chi connectivity index (χ1n) is 3.14. The van der Waals surface area contributed by atoms with Gasteiger partial charge in [0.2, 0.25) is 0 Å². The molecular formula is C7H12I2O. The zero-order valence-electron chi connectivity index (χ0n) is 6.45. The van der Waals surface area contributed by atoms with Crippen LogP contribution in [0, 0.1) is 5.41 Å². The number of hydrogen-bond acceptors (Lipinski definition) is 1. The van der Waals surface area contributed by atoms with Gasteiger partial charge in [-0.1, -0.05) is 66.0 Å². The van der Waals surface area contributed by atoms with Crippen molar-refractivity contribution in [2.24, 2.45) is 5.41 Å². The lowest BCUT2D eigenvalue weighted by Gasteiger charge is -2.16. The predicted octanol–water partition coefficient (Wildman–Crippen LogP) is 3.19. The summed E-state index contributed by atoms with van der Waals surface area (Å²) < 4.78 is 0.134. The Bertz CT molecular complexity index is 124. The smallest absolute Gasteiger partial charge is 0.156 e. The summed E-state index contributed by atoms with van der Waals surface area (Å²) >= 11 is 4.29. The van der Waals surface area contributed by atoms with Gasteiger partial charge >= 0.3 is 0 Å². The molecule has 1 nitrogen and oxygen atoms in total. The summed E-state index contributed by atoms with van der Waals surface area (Å²) in [5.41, 5.74) is 0.145. The molecule has 0 amide bonds. The molecular weight excluding hydrogens is 354 g/mol. The minimum Gasteiger partial charge on any atom is -0.298 e. The van der Waals surface area contributed by atoms with E-state index in [0.717, 1.165) is 0 Å². The lowest BCUT2D eigenvalue weighted by atomic mass is 9.90. The Labute approximate surface area is 89.6 Å². The van der Waals surface area contributed by atoms with Crippen molar-refractivity contribution in [3.8, 4) is 0 Å². The number of ketones is 1. The van der Waals surface area contributed by atoms with Gasteiger partial charge in [0.1, 0.15) is 1.93 Å². The van der Waals surface area contributed by atoms with Crippen LogP contribution in [0.5, 0.6) is 0 Å². The third-order valence-electron chi connectivity index (χ3n) is 0.948. The Balaban J connectivity index is 3.81. The van der Waals surface area contributed by atoms with E-state index in [1.165, 1.54) is 0 Å². The highest BCUT2D eigenvalue weighted by molar-refractivity contribution is 14.2. The standard InChI is InChI=1S/C7H12I2O/c1-7(2,3)4-5(10)6(8)9/h6H,4H2,1-3H3. The quantitative estimate of drug-likeness (QED) is 0.542. The number of hydrogen-bond donors (Lipinski definition) is 0. The zero-order valence-corrected chi connectivity index (χ0v) is 10.8. The van der Waals surface area contributed by atoms with Crippen LogP contribution in [0.3, 0.4) is 0 Å². The molecule has 0 saturated carbocycles. The number of alkyl halides is 2. The maximum Gasteiger partial charge on any atom is 0.156 e. The van der Waals surface area contributed by atoms with Crippen LogP contribution in [0.15, 0.2) is 0 Å². The maximum atomic E-state index is 11.1. The van der Waals surface area contributed by atoms with Gasteiger partial charge < -0.3 is 0 Å². The Morgan fingerprint density at radius 2 is 1.80 bits per heavy atom. The van der Waals surface area contributed by atoms with E-state index >= 15 is 0 Å². The molecule has 0 spiro atoms. The molecule has 0 aliphatic rings. The molecule has 3 heteroatoms. The Hall–Kier alpha value is 1.13. The number of Topliss-reactive ketones (excluding diaryl/α,β-unsaturated/α-hetero) is 1. The summed E-state index contributed by atoms with van der Waals surface area (Å²) in [7, 11) is 0. The lowest BCUT2D eigenvalue weighted by Crippen LogP contribution is -2.16. The minimum atomic E-state index is 0.134. The van der Waals surface area contributed by atoms with Crippen molar-refractivity contribution < 1.29 is 4.79 Å². The van der Waals surface area contributed by atoms with Crippen molar-refractivity contribution >= 4 is 51.0 Å².